The zero-order chi connectivity index (χ0) is 26.7. The van der Waals surface area contributed by atoms with E-state index in [4.69, 9.17) is 9.79 Å². The number of hydrogen-bond acceptors (Lipinski definition) is 2. The minimum absolute atomic E-state index is 0.0504. The molecule has 0 aromatic carbocycles. The van der Waals surface area contributed by atoms with Gasteiger partial charge in [0.2, 0.25) is 0 Å². The first kappa shape index (κ1) is 33.5. The van der Waals surface area contributed by atoms with Gasteiger partial charge in [-0.25, -0.2) is 4.57 Å². The third-order valence-corrected chi connectivity index (χ3v) is 6.38. The van der Waals surface area contributed by atoms with Crippen molar-refractivity contribution in [1.82, 2.24) is 0 Å². The molecule has 0 aliphatic heterocycles. The van der Waals surface area contributed by atoms with Gasteiger partial charge < -0.3 is 9.79 Å². The van der Waals surface area contributed by atoms with Crippen molar-refractivity contribution in [3.8, 4) is 0 Å². The molecule has 0 heterocycles. The van der Waals surface area contributed by atoms with E-state index in [1.54, 1.807) is 6.08 Å². The van der Waals surface area contributed by atoms with Crippen LogP contribution in [0.4, 0.5) is 0 Å². The molecule has 200 valence electrons. The van der Waals surface area contributed by atoms with E-state index in [1.165, 1.54) is 34.3 Å². The number of phosphoric acid groups is 1. The Morgan fingerprint density at radius 2 is 0.829 bits per heavy atom. The molecule has 35 heavy (non-hydrogen) atoms. The lowest BCUT2D eigenvalue weighted by molar-refractivity contribution is 0.215. The van der Waals surface area contributed by atoms with Crippen molar-refractivity contribution in [2.75, 3.05) is 6.61 Å². The summed E-state index contributed by atoms with van der Waals surface area (Å²) in [5.74, 6) is 0. The predicted molar refractivity (Wildman–Crippen MR) is 152 cm³/mol. The van der Waals surface area contributed by atoms with Crippen LogP contribution in [-0.2, 0) is 9.09 Å². The molecule has 0 aliphatic carbocycles. The maximum absolute atomic E-state index is 10.7. The Labute approximate surface area is 215 Å². The van der Waals surface area contributed by atoms with E-state index in [0.29, 0.717) is 0 Å². The van der Waals surface area contributed by atoms with Gasteiger partial charge in [-0.1, -0.05) is 69.9 Å². The van der Waals surface area contributed by atoms with Crippen LogP contribution in [0.25, 0.3) is 0 Å². The topological polar surface area (TPSA) is 66.8 Å². The molecule has 2 N–H and O–H groups in total. The van der Waals surface area contributed by atoms with Crippen molar-refractivity contribution in [1.29, 1.82) is 0 Å². The first-order chi connectivity index (χ1) is 16.4. The van der Waals surface area contributed by atoms with Gasteiger partial charge in [0.05, 0.1) is 6.61 Å². The van der Waals surface area contributed by atoms with Crippen LogP contribution in [0.3, 0.4) is 0 Å². The van der Waals surface area contributed by atoms with Gasteiger partial charge in [-0.05, 0) is 113 Å². The van der Waals surface area contributed by atoms with Crippen molar-refractivity contribution in [2.45, 2.75) is 113 Å². The van der Waals surface area contributed by atoms with Gasteiger partial charge in [-0.15, -0.1) is 0 Å². The Bertz CT molecular complexity index is 830. The number of phosphoric ester groups is 1. The van der Waals surface area contributed by atoms with E-state index < -0.39 is 7.82 Å². The molecule has 0 saturated carbocycles. The Hall–Kier alpha value is -1.45. The van der Waals surface area contributed by atoms with E-state index in [2.05, 4.69) is 76.4 Å². The highest BCUT2D eigenvalue weighted by molar-refractivity contribution is 7.46. The predicted octanol–water partition coefficient (Wildman–Crippen LogP) is 9.69. The number of rotatable bonds is 18. The molecule has 0 spiro atoms. The highest BCUT2D eigenvalue weighted by Gasteiger charge is 2.11. The summed E-state index contributed by atoms with van der Waals surface area (Å²) in [6.45, 7) is 15.1. The average molecular weight is 507 g/mol. The van der Waals surface area contributed by atoms with Gasteiger partial charge in [-0.3, -0.25) is 4.52 Å². The summed E-state index contributed by atoms with van der Waals surface area (Å²) < 4.78 is 15.1. The molecule has 0 atom stereocenters. The Kier molecular flexibility index (Phi) is 18.9. The van der Waals surface area contributed by atoms with Crippen molar-refractivity contribution in [3.05, 3.63) is 69.9 Å². The van der Waals surface area contributed by atoms with Crippen molar-refractivity contribution < 1.29 is 18.9 Å². The molecule has 4 nitrogen and oxygen atoms in total. The molecule has 0 aliphatic rings. The summed E-state index contributed by atoms with van der Waals surface area (Å²) >= 11 is 0. The smallest absolute Gasteiger partial charge is 0.303 e. The minimum Gasteiger partial charge on any atom is -0.303 e. The molecule has 0 amide bonds. The van der Waals surface area contributed by atoms with E-state index in [-0.39, 0.29) is 6.61 Å². The summed E-state index contributed by atoms with van der Waals surface area (Å²) in [4.78, 5) is 17.4. The molecule has 5 heteroatoms. The average Bonchev–Trinajstić information content (AvgIpc) is 2.72. The Morgan fingerprint density at radius 3 is 1.11 bits per heavy atom. The third kappa shape index (κ3) is 24.0. The second-order valence-corrected chi connectivity index (χ2v) is 11.3. The Balaban J connectivity index is 4.14. The van der Waals surface area contributed by atoms with Crippen LogP contribution in [0.2, 0.25) is 0 Å². The summed E-state index contributed by atoms with van der Waals surface area (Å²) in [6.07, 6.45) is 24.2. The van der Waals surface area contributed by atoms with Crippen molar-refractivity contribution >= 4 is 7.82 Å². The lowest BCUT2D eigenvalue weighted by atomic mass is 10.0. The lowest BCUT2D eigenvalue weighted by Gasteiger charge is -2.04. The molecule has 0 radical (unpaired) electrons. The van der Waals surface area contributed by atoms with E-state index in [1.807, 2.05) is 6.92 Å². The second-order valence-electron chi connectivity index (χ2n) is 10.0. The Morgan fingerprint density at radius 1 is 0.543 bits per heavy atom. The van der Waals surface area contributed by atoms with Crippen molar-refractivity contribution in [3.63, 3.8) is 0 Å². The van der Waals surface area contributed by atoms with Gasteiger partial charge in [0.25, 0.3) is 0 Å². The van der Waals surface area contributed by atoms with Crippen LogP contribution in [0.15, 0.2) is 69.9 Å². The zero-order valence-electron chi connectivity index (χ0n) is 23.4. The van der Waals surface area contributed by atoms with E-state index >= 15 is 0 Å². The first-order valence-corrected chi connectivity index (χ1v) is 14.5. The van der Waals surface area contributed by atoms with Crippen LogP contribution in [0.5, 0.6) is 0 Å². The van der Waals surface area contributed by atoms with Gasteiger partial charge in [0.1, 0.15) is 0 Å². The monoisotopic (exact) mass is 506 g/mol. The van der Waals surface area contributed by atoms with Crippen LogP contribution in [0, 0.1) is 0 Å². The number of allylic oxidation sites excluding steroid dienone is 11. The molecule has 0 rings (SSSR count). The minimum atomic E-state index is -4.38. The molecule has 0 fully saturated rings. The zero-order valence-corrected chi connectivity index (χ0v) is 24.3. The first-order valence-electron chi connectivity index (χ1n) is 13.0. The van der Waals surface area contributed by atoms with Gasteiger partial charge in [0.15, 0.2) is 0 Å². The number of hydrogen-bond donors (Lipinski definition) is 2. The standard InChI is InChI=1S/C30H51O4P/c1-25(2)13-8-14-26(3)15-9-16-27(4)17-10-18-28(5)19-11-20-29(6)21-12-22-30(7)23-24-34-35(31,32)33/h13,15,17,19,21,23H,8-12,14,16,18,20,22,24H2,1-7H3,(H2,31,32,33). The van der Waals surface area contributed by atoms with Gasteiger partial charge in [-0.2, -0.15) is 0 Å². The molecule has 0 bridgehead atoms. The fourth-order valence-electron chi connectivity index (χ4n) is 3.56. The summed E-state index contributed by atoms with van der Waals surface area (Å²) in [5.41, 5.74) is 8.31. The molecular weight excluding hydrogens is 455 g/mol. The van der Waals surface area contributed by atoms with Gasteiger partial charge >= 0.3 is 7.82 Å². The lowest BCUT2D eigenvalue weighted by Crippen LogP contribution is -1.89. The summed E-state index contributed by atoms with van der Waals surface area (Å²) in [7, 11) is -4.38. The molecule has 0 aromatic heterocycles. The van der Waals surface area contributed by atoms with E-state index in [0.717, 1.165) is 63.4 Å². The second kappa shape index (κ2) is 19.7. The highest BCUT2D eigenvalue weighted by atomic mass is 31.2. The molecular formula is C30H51O4P. The van der Waals surface area contributed by atoms with Crippen LogP contribution >= 0.6 is 7.82 Å². The fourth-order valence-corrected chi connectivity index (χ4v) is 3.83. The third-order valence-electron chi connectivity index (χ3n) is 5.89. The van der Waals surface area contributed by atoms with Gasteiger partial charge in [0, 0.05) is 0 Å². The summed E-state index contributed by atoms with van der Waals surface area (Å²) in [5, 5.41) is 0. The van der Waals surface area contributed by atoms with Crippen LogP contribution in [-0.4, -0.2) is 16.4 Å². The molecule has 0 aromatic rings. The normalized spacial score (nSPS) is 14.5. The summed E-state index contributed by atoms with van der Waals surface area (Å²) in [6, 6.07) is 0. The fraction of sp³-hybridized carbons (Fsp3) is 0.600. The molecule has 0 unspecified atom stereocenters. The van der Waals surface area contributed by atoms with E-state index in [9.17, 15) is 4.57 Å². The highest BCUT2D eigenvalue weighted by Crippen LogP contribution is 2.35. The van der Waals surface area contributed by atoms with Crippen molar-refractivity contribution in [2.24, 2.45) is 0 Å². The molecule has 0 saturated heterocycles. The van der Waals surface area contributed by atoms with Crippen LogP contribution < -0.4 is 0 Å². The maximum Gasteiger partial charge on any atom is 0.469 e. The van der Waals surface area contributed by atoms with Crippen LogP contribution in [0.1, 0.15) is 113 Å². The maximum atomic E-state index is 10.7. The quantitative estimate of drug-likeness (QED) is 0.143. The largest absolute Gasteiger partial charge is 0.469 e. The SMILES string of the molecule is CC(C)=CCCC(C)=CCCC(C)=CCCC(C)=CCCC(C)=CCCC(C)=CCOP(=O)(O)O.